The van der Waals surface area contributed by atoms with Crippen molar-refractivity contribution in [2.45, 2.75) is 32.6 Å². The van der Waals surface area contributed by atoms with Crippen molar-refractivity contribution in [1.29, 1.82) is 0 Å². The molecule has 0 aliphatic rings. The van der Waals surface area contributed by atoms with Crippen LogP contribution in [0.25, 0.3) is 11.0 Å². The van der Waals surface area contributed by atoms with E-state index in [0.29, 0.717) is 17.9 Å². The quantitative estimate of drug-likeness (QED) is 0.606. The number of rotatable bonds is 7. The molecule has 2 rings (SSSR count). The number of aryl methyl sites for hydroxylation is 1. The highest BCUT2D eigenvalue weighted by Gasteiger charge is 2.12. The first kappa shape index (κ1) is 14.8. The molecular weight excluding hydrogens is 274 g/mol. The molecule has 1 aromatic heterocycles. The normalized spacial score (nSPS) is 12.1. The van der Waals surface area contributed by atoms with Gasteiger partial charge in [0.1, 0.15) is 5.82 Å². The zero-order chi connectivity index (χ0) is 14.6. The van der Waals surface area contributed by atoms with Crippen LogP contribution in [0, 0.1) is 0 Å². The van der Waals surface area contributed by atoms with Crippen LogP contribution in [0.2, 0.25) is 0 Å². The first-order valence-corrected chi connectivity index (χ1v) is 8.77. The Kier molecular flexibility index (Phi) is 4.65. The van der Waals surface area contributed by atoms with Crippen LogP contribution in [-0.2, 0) is 16.3 Å². The highest BCUT2D eigenvalue weighted by Crippen LogP contribution is 2.15. The number of benzene rings is 1. The molecule has 0 unspecified atom stereocenters. The molecule has 0 saturated carbocycles. The molecule has 20 heavy (non-hydrogen) atoms. The summed E-state index contributed by atoms with van der Waals surface area (Å²) in [6.07, 6.45) is 3.15. The zero-order valence-corrected chi connectivity index (χ0v) is 12.5. The van der Waals surface area contributed by atoms with Crippen molar-refractivity contribution in [3.63, 3.8) is 0 Å². The molecule has 1 heterocycles. The van der Waals surface area contributed by atoms with Crippen LogP contribution in [0.4, 0.5) is 5.69 Å². The maximum Gasteiger partial charge on any atom is 0.150 e. The van der Waals surface area contributed by atoms with E-state index in [1.807, 2.05) is 12.1 Å². The summed E-state index contributed by atoms with van der Waals surface area (Å²) >= 11 is 0. The van der Waals surface area contributed by atoms with Crippen LogP contribution in [0.1, 0.15) is 32.0 Å². The van der Waals surface area contributed by atoms with Crippen LogP contribution in [0.5, 0.6) is 0 Å². The van der Waals surface area contributed by atoms with Crippen molar-refractivity contribution in [2.24, 2.45) is 0 Å². The average molecular weight is 295 g/mol. The maximum atomic E-state index is 11.9. The number of imidazole rings is 1. The number of nitrogens with zero attached hydrogens (tertiary/aromatic N) is 1. The van der Waals surface area contributed by atoms with E-state index in [1.165, 1.54) is 0 Å². The van der Waals surface area contributed by atoms with Gasteiger partial charge < -0.3 is 10.7 Å². The fourth-order valence-corrected chi connectivity index (χ4v) is 3.48. The topological polar surface area (TPSA) is 88.8 Å². The minimum absolute atomic E-state index is 0.145. The summed E-state index contributed by atoms with van der Waals surface area (Å²) < 4.78 is 23.8. The molecule has 3 N–H and O–H groups in total. The van der Waals surface area contributed by atoms with E-state index in [9.17, 15) is 8.42 Å². The van der Waals surface area contributed by atoms with Gasteiger partial charge >= 0.3 is 0 Å². The molecule has 1 aromatic carbocycles. The van der Waals surface area contributed by atoms with E-state index in [-0.39, 0.29) is 11.5 Å². The standard InChI is InChI=1S/C14H21N3O2S/c1-2-3-4-8-20(18,19)9-7-14-16-12-6-5-11(15)10-13(12)17-14/h5-6,10H,2-4,7-9,15H2,1H3,(H,16,17). The van der Waals surface area contributed by atoms with E-state index >= 15 is 0 Å². The number of sulfone groups is 1. The molecule has 5 nitrogen and oxygen atoms in total. The van der Waals surface area contributed by atoms with Gasteiger partial charge in [0.05, 0.1) is 22.5 Å². The zero-order valence-electron chi connectivity index (χ0n) is 11.7. The lowest BCUT2D eigenvalue weighted by atomic mass is 10.3. The molecular formula is C14H21N3O2S. The number of aromatic nitrogens is 2. The van der Waals surface area contributed by atoms with Crippen LogP contribution >= 0.6 is 0 Å². The van der Waals surface area contributed by atoms with Crippen molar-refractivity contribution in [3.05, 3.63) is 24.0 Å². The maximum absolute atomic E-state index is 11.9. The van der Waals surface area contributed by atoms with Gasteiger partial charge in [-0.25, -0.2) is 13.4 Å². The molecule has 0 radical (unpaired) electrons. The van der Waals surface area contributed by atoms with Gasteiger partial charge in [-0.1, -0.05) is 19.8 Å². The van der Waals surface area contributed by atoms with Gasteiger partial charge in [0.15, 0.2) is 9.84 Å². The first-order valence-electron chi connectivity index (χ1n) is 6.95. The lowest BCUT2D eigenvalue weighted by Gasteiger charge is -2.02. The molecule has 0 spiro atoms. The number of hydrogen-bond donors (Lipinski definition) is 2. The molecule has 0 bridgehead atoms. The van der Waals surface area contributed by atoms with Crippen LogP contribution in [-0.4, -0.2) is 29.9 Å². The lowest BCUT2D eigenvalue weighted by Crippen LogP contribution is -2.13. The fourth-order valence-electron chi connectivity index (χ4n) is 2.12. The molecule has 0 fully saturated rings. The molecule has 110 valence electrons. The van der Waals surface area contributed by atoms with Crippen molar-refractivity contribution >= 4 is 26.6 Å². The highest BCUT2D eigenvalue weighted by atomic mass is 32.2. The number of hydrogen-bond acceptors (Lipinski definition) is 4. The minimum atomic E-state index is -2.98. The van der Waals surface area contributed by atoms with Crippen molar-refractivity contribution in [3.8, 4) is 0 Å². The molecule has 0 atom stereocenters. The Bertz CT molecular complexity index is 677. The number of nitrogen functional groups attached to an aromatic ring is 1. The summed E-state index contributed by atoms with van der Waals surface area (Å²) in [6, 6.07) is 5.43. The second kappa shape index (κ2) is 6.26. The predicted molar refractivity (Wildman–Crippen MR) is 82.4 cm³/mol. The van der Waals surface area contributed by atoms with E-state index < -0.39 is 9.84 Å². The van der Waals surface area contributed by atoms with Crippen molar-refractivity contribution in [2.75, 3.05) is 17.2 Å². The molecule has 0 aliphatic heterocycles. The second-order valence-corrected chi connectivity index (χ2v) is 7.37. The molecule has 0 amide bonds. The summed E-state index contributed by atoms with van der Waals surface area (Å²) in [5.41, 5.74) is 8.03. The van der Waals surface area contributed by atoms with Crippen LogP contribution < -0.4 is 5.73 Å². The van der Waals surface area contributed by atoms with Crippen LogP contribution in [0.3, 0.4) is 0 Å². The summed E-state index contributed by atoms with van der Waals surface area (Å²) in [5.74, 6) is 1.12. The van der Waals surface area contributed by atoms with Gasteiger partial charge in [0.2, 0.25) is 0 Å². The Balaban J connectivity index is 1.98. The van der Waals surface area contributed by atoms with Gasteiger partial charge in [0, 0.05) is 12.1 Å². The third kappa shape index (κ3) is 3.96. The Morgan fingerprint density at radius 1 is 1.25 bits per heavy atom. The van der Waals surface area contributed by atoms with Gasteiger partial charge in [-0.2, -0.15) is 0 Å². The lowest BCUT2D eigenvalue weighted by molar-refractivity contribution is 0.589. The van der Waals surface area contributed by atoms with Crippen LogP contribution in [0.15, 0.2) is 18.2 Å². The Labute approximate surface area is 119 Å². The Hall–Kier alpha value is -1.56. The van der Waals surface area contributed by atoms with Gasteiger partial charge in [-0.15, -0.1) is 0 Å². The number of aromatic amines is 1. The monoisotopic (exact) mass is 295 g/mol. The van der Waals surface area contributed by atoms with Gasteiger partial charge in [-0.05, 0) is 24.6 Å². The average Bonchev–Trinajstić information content (AvgIpc) is 2.79. The third-order valence-electron chi connectivity index (χ3n) is 3.26. The van der Waals surface area contributed by atoms with Crippen molar-refractivity contribution < 1.29 is 8.42 Å². The number of fused-ring (bicyclic) bond motifs is 1. The van der Waals surface area contributed by atoms with E-state index in [2.05, 4.69) is 16.9 Å². The minimum Gasteiger partial charge on any atom is -0.399 e. The molecule has 2 aromatic rings. The highest BCUT2D eigenvalue weighted by molar-refractivity contribution is 7.91. The Morgan fingerprint density at radius 2 is 2.05 bits per heavy atom. The van der Waals surface area contributed by atoms with Gasteiger partial charge in [-0.3, -0.25) is 0 Å². The smallest absolute Gasteiger partial charge is 0.150 e. The first-order chi connectivity index (χ1) is 9.50. The predicted octanol–water partition coefficient (Wildman–Crippen LogP) is 2.29. The number of nitrogens with two attached hydrogens (primary N) is 1. The van der Waals surface area contributed by atoms with E-state index in [4.69, 9.17) is 5.73 Å². The molecule has 0 aliphatic carbocycles. The van der Waals surface area contributed by atoms with E-state index in [1.54, 1.807) is 6.07 Å². The summed E-state index contributed by atoms with van der Waals surface area (Å²) in [6.45, 7) is 2.06. The summed E-state index contributed by atoms with van der Waals surface area (Å²) in [4.78, 5) is 7.50. The SMILES string of the molecule is CCCCCS(=O)(=O)CCc1nc2ccc(N)cc2[nH]1. The largest absolute Gasteiger partial charge is 0.399 e. The summed E-state index contributed by atoms with van der Waals surface area (Å²) in [5, 5.41) is 0. The van der Waals surface area contributed by atoms with Gasteiger partial charge in [0.25, 0.3) is 0 Å². The number of nitrogens with one attached hydrogen (secondary N) is 1. The summed E-state index contributed by atoms with van der Waals surface area (Å²) in [7, 11) is -2.98. The second-order valence-electron chi connectivity index (χ2n) is 5.07. The fraction of sp³-hybridized carbons (Fsp3) is 0.500. The molecule has 0 saturated heterocycles. The number of anilines is 1. The van der Waals surface area contributed by atoms with E-state index in [0.717, 1.165) is 30.3 Å². The van der Waals surface area contributed by atoms with Crippen molar-refractivity contribution in [1.82, 2.24) is 9.97 Å². The Morgan fingerprint density at radius 3 is 2.80 bits per heavy atom. The third-order valence-corrected chi connectivity index (χ3v) is 5.00. The number of H-pyrrole nitrogens is 1. The number of unbranched alkanes of at least 4 members (excludes halogenated alkanes) is 2. The molecule has 6 heteroatoms.